The molecule has 0 aliphatic heterocycles. The fraction of sp³-hybridized carbons (Fsp3) is 0.0526. The van der Waals surface area contributed by atoms with Crippen LogP contribution in [0.2, 0.25) is 0 Å². The molecule has 3 aromatic rings. The van der Waals surface area contributed by atoms with Gasteiger partial charge in [0, 0.05) is 18.8 Å². The second kappa shape index (κ2) is 7.08. The molecule has 0 aliphatic carbocycles. The van der Waals surface area contributed by atoms with Crippen LogP contribution in [0, 0.1) is 0 Å². The van der Waals surface area contributed by atoms with E-state index in [2.05, 4.69) is 0 Å². The van der Waals surface area contributed by atoms with Crippen LogP contribution >= 0.6 is 0 Å². The van der Waals surface area contributed by atoms with Crippen LogP contribution in [0.3, 0.4) is 0 Å². The minimum Gasteiger partial charge on any atom is -0.364 e. The molecule has 0 saturated carbocycles. The summed E-state index contributed by atoms with van der Waals surface area (Å²) < 4.78 is 28.1. The zero-order valence-corrected chi connectivity index (χ0v) is 15.2. The summed E-state index contributed by atoms with van der Waals surface area (Å²) in [5.41, 5.74) is 7.30. The van der Waals surface area contributed by atoms with Gasteiger partial charge in [-0.15, -0.1) is 0 Å². The van der Waals surface area contributed by atoms with Gasteiger partial charge in [-0.2, -0.15) is 0 Å². The van der Waals surface area contributed by atoms with Crippen molar-refractivity contribution in [2.45, 2.75) is 4.90 Å². The van der Waals surface area contributed by atoms with Crippen LogP contribution < -0.4 is 10.5 Å². The zero-order chi connectivity index (χ0) is 19.6. The molecular weight excluding hydrogens is 366 g/mol. The number of benzene rings is 2. The van der Waals surface area contributed by atoms with Crippen molar-refractivity contribution in [3.63, 3.8) is 0 Å². The number of nitrogens with zero attached hydrogens (tertiary/aromatic N) is 1. The number of aryl methyl sites for hydroxylation is 1. The molecule has 0 unspecified atom stereocenters. The van der Waals surface area contributed by atoms with Gasteiger partial charge >= 0.3 is 0 Å². The molecule has 138 valence electrons. The van der Waals surface area contributed by atoms with Crippen LogP contribution in [-0.2, 0) is 17.1 Å². The van der Waals surface area contributed by atoms with Crippen LogP contribution in [0.15, 0.2) is 71.8 Å². The Labute approximate surface area is 156 Å². The van der Waals surface area contributed by atoms with Crippen molar-refractivity contribution in [3.05, 3.63) is 78.1 Å². The minimum absolute atomic E-state index is 0.0232. The summed E-state index contributed by atoms with van der Waals surface area (Å²) in [7, 11) is -2.64. The number of nitrogens with one attached hydrogen (secondary N) is 1. The molecule has 2 aromatic carbocycles. The molecule has 0 bridgehead atoms. The summed E-state index contributed by atoms with van der Waals surface area (Å²) in [6.07, 6.45) is 1.22. The lowest BCUT2D eigenvalue weighted by Gasteiger charge is -2.06. The van der Waals surface area contributed by atoms with Gasteiger partial charge in [-0.25, -0.2) is 13.1 Å². The first-order valence-corrected chi connectivity index (χ1v) is 9.45. The predicted molar refractivity (Wildman–Crippen MR) is 100 cm³/mol. The number of nitrogens with two attached hydrogens (primary N) is 1. The largest absolute Gasteiger partial charge is 0.364 e. The fourth-order valence-electron chi connectivity index (χ4n) is 2.61. The number of carbonyl (C=O) groups excluding carboxylic acids is 2. The lowest BCUT2D eigenvalue weighted by molar-refractivity contribution is 0.0977. The SMILES string of the molecule is Cn1cc(S(=O)(=O)NC(=O)c2ccc(-c3ccccc3)cc2)cc1C(N)=O. The molecule has 8 heteroatoms. The van der Waals surface area contributed by atoms with Gasteiger partial charge in [0.15, 0.2) is 0 Å². The minimum atomic E-state index is -4.13. The fourth-order valence-corrected chi connectivity index (χ4v) is 3.65. The zero-order valence-electron chi connectivity index (χ0n) is 14.4. The number of aromatic nitrogens is 1. The summed E-state index contributed by atoms with van der Waals surface area (Å²) in [6.45, 7) is 0. The van der Waals surface area contributed by atoms with Crippen molar-refractivity contribution in [2.24, 2.45) is 12.8 Å². The molecule has 27 heavy (non-hydrogen) atoms. The summed E-state index contributed by atoms with van der Waals surface area (Å²) in [6, 6.07) is 17.3. The molecular formula is C19H17N3O4S. The predicted octanol–water partition coefficient (Wildman–Crippen LogP) is 1.91. The molecule has 1 heterocycles. The average molecular weight is 383 g/mol. The van der Waals surface area contributed by atoms with Crippen molar-refractivity contribution < 1.29 is 18.0 Å². The van der Waals surface area contributed by atoms with Crippen LogP contribution in [0.1, 0.15) is 20.8 Å². The second-order valence-electron chi connectivity index (χ2n) is 5.91. The van der Waals surface area contributed by atoms with E-state index in [4.69, 9.17) is 5.73 Å². The van der Waals surface area contributed by atoms with Crippen molar-refractivity contribution in [3.8, 4) is 11.1 Å². The quantitative estimate of drug-likeness (QED) is 0.701. The first-order chi connectivity index (χ1) is 12.8. The van der Waals surface area contributed by atoms with Crippen molar-refractivity contribution in [1.82, 2.24) is 9.29 Å². The second-order valence-corrected chi connectivity index (χ2v) is 7.60. The van der Waals surface area contributed by atoms with Crippen LogP contribution in [0.25, 0.3) is 11.1 Å². The van der Waals surface area contributed by atoms with E-state index in [0.29, 0.717) is 0 Å². The van der Waals surface area contributed by atoms with Gasteiger partial charge in [-0.1, -0.05) is 42.5 Å². The number of hydrogen-bond acceptors (Lipinski definition) is 4. The molecule has 3 rings (SSSR count). The average Bonchev–Trinajstić information content (AvgIpc) is 3.05. The topological polar surface area (TPSA) is 111 Å². The highest BCUT2D eigenvalue weighted by Crippen LogP contribution is 2.20. The first kappa shape index (κ1) is 18.4. The Bertz CT molecular complexity index is 1100. The summed E-state index contributed by atoms with van der Waals surface area (Å²) in [5, 5.41) is 0. The highest BCUT2D eigenvalue weighted by atomic mass is 32.2. The van der Waals surface area contributed by atoms with Gasteiger partial charge in [0.25, 0.3) is 21.8 Å². The smallest absolute Gasteiger partial charge is 0.265 e. The molecule has 0 atom stereocenters. The number of rotatable bonds is 5. The maximum Gasteiger partial charge on any atom is 0.265 e. The van der Waals surface area contributed by atoms with Gasteiger partial charge in [-0.05, 0) is 29.3 Å². The summed E-state index contributed by atoms with van der Waals surface area (Å²) >= 11 is 0. The van der Waals surface area contributed by atoms with E-state index in [1.165, 1.54) is 17.8 Å². The maximum absolute atomic E-state index is 12.4. The van der Waals surface area contributed by atoms with E-state index in [1.54, 1.807) is 24.3 Å². The van der Waals surface area contributed by atoms with Crippen LogP contribution in [0.4, 0.5) is 0 Å². The highest BCUT2D eigenvalue weighted by Gasteiger charge is 2.22. The van der Waals surface area contributed by atoms with Crippen LogP contribution in [-0.4, -0.2) is 24.8 Å². The number of carbonyl (C=O) groups is 2. The maximum atomic E-state index is 12.4. The van der Waals surface area contributed by atoms with E-state index in [9.17, 15) is 18.0 Å². The molecule has 0 saturated heterocycles. The lowest BCUT2D eigenvalue weighted by atomic mass is 10.0. The van der Waals surface area contributed by atoms with Gasteiger partial charge in [0.1, 0.15) is 10.6 Å². The van der Waals surface area contributed by atoms with E-state index in [1.807, 2.05) is 35.1 Å². The molecule has 0 fully saturated rings. The normalized spacial score (nSPS) is 11.1. The van der Waals surface area contributed by atoms with Gasteiger partial charge in [-0.3, -0.25) is 9.59 Å². The van der Waals surface area contributed by atoms with E-state index in [0.717, 1.165) is 17.2 Å². The Balaban J connectivity index is 1.80. The Morgan fingerprint density at radius 1 is 0.963 bits per heavy atom. The van der Waals surface area contributed by atoms with Crippen molar-refractivity contribution in [1.29, 1.82) is 0 Å². The Morgan fingerprint density at radius 2 is 1.56 bits per heavy atom. The number of amides is 2. The molecule has 1 aromatic heterocycles. The van der Waals surface area contributed by atoms with E-state index >= 15 is 0 Å². The summed E-state index contributed by atoms with van der Waals surface area (Å²) in [4.78, 5) is 23.4. The van der Waals surface area contributed by atoms with Crippen molar-refractivity contribution in [2.75, 3.05) is 0 Å². The third-order valence-corrected chi connectivity index (χ3v) is 5.32. The number of primary amides is 1. The molecule has 0 radical (unpaired) electrons. The van der Waals surface area contributed by atoms with Gasteiger partial charge in [0.05, 0.1) is 0 Å². The Morgan fingerprint density at radius 3 is 2.11 bits per heavy atom. The highest BCUT2D eigenvalue weighted by molar-refractivity contribution is 7.90. The third-order valence-electron chi connectivity index (χ3n) is 4.02. The first-order valence-electron chi connectivity index (χ1n) is 7.97. The van der Waals surface area contributed by atoms with E-state index < -0.39 is 21.8 Å². The van der Waals surface area contributed by atoms with Gasteiger partial charge in [0.2, 0.25) is 0 Å². The molecule has 0 aliphatic rings. The van der Waals surface area contributed by atoms with Gasteiger partial charge < -0.3 is 10.3 Å². The van der Waals surface area contributed by atoms with Crippen LogP contribution in [0.5, 0.6) is 0 Å². The summed E-state index contributed by atoms with van der Waals surface area (Å²) in [5.74, 6) is -1.53. The molecule has 7 nitrogen and oxygen atoms in total. The number of sulfonamides is 1. The van der Waals surface area contributed by atoms with Crippen molar-refractivity contribution >= 4 is 21.8 Å². The van der Waals surface area contributed by atoms with E-state index in [-0.39, 0.29) is 16.2 Å². The molecule has 3 N–H and O–H groups in total. The number of hydrogen-bond donors (Lipinski definition) is 2. The lowest BCUT2D eigenvalue weighted by Crippen LogP contribution is -2.30. The Kier molecular flexibility index (Phi) is 4.83. The third kappa shape index (κ3) is 3.90. The molecule has 2 amide bonds. The molecule has 0 spiro atoms. The standard InChI is InChI=1S/C19H17N3O4S/c1-22-12-16(11-17(22)18(20)23)27(25,26)21-19(24)15-9-7-14(8-10-15)13-5-3-2-4-6-13/h2-12H,1H3,(H2,20,23)(H,21,24). The monoisotopic (exact) mass is 383 g/mol. The Hall–Kier alpha value is -3.39.